The number of morpholine rings is 1. The zero-order chi connectivity index (χ0) is 18.5. The maximum Gasteiger partial charge on any atom is 0.193 e. The van der Waals surface area contributed by atoms with Gasteiger partial charge in [0, 0.05) is 51.5 Å². The maximum absolute atomic E-state index is 5.95. The second kappa shape index (κ2) is 10.6. The Kier molecular flexibility index (Phi) is 8.81. The fourth-order valence-electron chi connectivity index (χ4n) is 4.03. The van der Waals surface area contributed by atoms with Gasteiger partial charge in [-0.05, 0) is 25.3 Å². The molecule has 7 nitrogen and oxygen atoms in total. The van der Waals surface area contributed by atoms with Crippen LogP contribution in [0.4, 0.5) is 0 Å². The van der Waals surface area contributed by atoms with E-state index in [2.05, 4.69) is 39.1 Å². The van der Waals surface area contributed by atoms with Crippen LogP contribution >= 0.6 is 24.0 Å². The molecule has 27 heavy (non-hydrogen) atoms. The second-order valence-corrected chi connectivity index (χ2v) is 7.87. The summed E-state index contributed by atoms with van der Waals surface area (Å²) in [5.41, 5.74) is 1.13. The molecule has 1 N–H and O–H groups in total. The minimum atomic E-state index is 0. The molecule has 2 fully saturated rings. The predicted octanol–water partition coefficient (Wildman–Crippen LogP) is 2.11. The molecule has 0 aliphatic carbocycles. The van der Waals surface area contributed by atoms with Gasteiger partial charge in [0.25, 0.3) is 0 Å². The first kappa shape index (κ1) is 22.4. The first-order chi connectivity index (χ1) is 12.6. The lowest BCUT2D eigenvalue weighted by molar-refractivity contribution is -0.00811. The van der Waals surface area contributed by atoms with Crippen molar-refractivity contribution in [2.75, 3.05) is 46.4 Å². The van der Waals surface area contributed by atoms with E-state index in [1.165, 1.54) is 25.9 Å². The third kappa shape index (κ3) is 6.05. The Bertz CT molecular complexity index is 605. The molecule has 1 aromatic rings. The summed E-state index contributed by atoms with van der Waals surface area (Å²) in [7, 11) is 3.81. The van der Waals surface area contributed by atoms with Gasteiger partial charge in [-0.15, -0.1) is 24.0 Å². The molecule has 1 aromatic heterocycles. The maximum atomic E-state index is 5.95. The average Bonchev–Trinajstić information content (AvgIpc) is 3.24. The minimum absolute atomic E-state index is 0. The molecule has 2 atom stereocenters. The molecule has 3 rings (SSSR count). The summed E-state index contributed by atoms with van der Waals surface area (Å²) in [5.74, 6) is 1.70. The molecule has 3 heterocycles. The fourth-order valence-corrected chi connectivity index (χ4v) is 4.03. The summed E-state index contributed by atoms with van der Waals surface area (Å²) in [6.45, 7) is 10.4. The van der Waals surface area contributed by atoms with E-state index in [4.69, 9.17) is 4.74 Å². The number of nitrogens with zero attached hydrogens (tertiary/aromatic N) is 5. The highest BCUT2D eigenvalue weighted by atomic mass is 127. The van der Waals surface area contributed by atoms with Crippen LogP contribution in [0, 0.1) is 5.92 Å². The number of halogens is 1. The van der Waals surface area contributed by atoms with Crippen molar-refractivity contribution in [1.82, 2.24) is 24.9 Å². The van der Waals surface area contributed by atoms with Crippen LogP contribution < -0.4 is 5.32 Å². The van der Waals surface area contributed by atoms with Crippen molar-refractivity contribution in [3.8, 4) is 0 Å². The molecule has 0 bridgehead atoms. The van der Waals surface area contributed by atoms with Gasteiger partial charge in [0.1, 0.15) is 6.10 Å². The molecule has 0 amide bonds. The summed E-state index contributed by atoms with van der Waals surface area (Å²) in [5, 5.41) is 7.89. The van der Waals surface area contributed by atoms with Gasteiger partial charge in [-0.1, -0.05) is 13.8 Å². The normalized spacial score (nSPS) is 24.3. The van der Waals surface area contributed by atoms with Crippen LogP contribution in [0.25, 0.3) is 0 Å². The second-order valence-electron chi connectivity index (χ2n) is 7.87. The molecule has 2 aliphatic heterocycles. The van der Waals surface area contributed by atoms with Crippen molar-refractivity contribution in [1.29, 1.82) is 0 Å². The molecule has 0 aromatic carbocycles. The third-order valence-electron chi connectivity index (χ3n) is 5.27. The van der Waals surface area contributed by atoms with Crippen LogP contribution in [0.15, 0.2) is 17.4 Å². The summed E-state index contributed by atoms with van der Waals surface area (Å²) >= 11 is 0. The monoisotopic (exact) mass is 490 g/mol. The molecule has 1 unspecified atom stereocenters. The van der Waals surface area contributed by atoms with Gasteiger partial charge in [0.05, 0.1) is 19.3 Å². The third-order valence-corrected chi connectivity index (χ3v) is 5.27. The predicted molar refractivity (Wildman–Crippen MR) is 120 cm³/mol. The molecular weight excluding hydrogens is 455 g/mol. The number of likely N-dealkylation sites (tertiary alicyclic amines) is 1. The largest absolute Gasteiger partial charge is 0.370 e. The van der Waals surface area contributed by atoms with Gasteiger partial charge in [-0.3, -0.25) is 14.6 Å². The molecule has 8 heteroatoms. The van der Waals surface area contributed by atoms with E-state index in [0.29, 0.717) is 12.6 Å². The van der Waals surface area contributed by atoms with Gasteiger partial charge in [-0.25, -0.2) is 0 Å². The summed E-state index contributed by atoms with van der Waals surface area (Å²) in [6, 6.07) is 0.615. The number of guanidine groups is 1. The number of rotatable bonds is 5. The Morgan fingerprint density at radius 2 is 2.22 bits per heavy atom. The van der Waals surface area contributed by atoms with Crippen molar-refractivity contribution in [3.05, 3.63) is 18.0 Å². The van der Waals surface area contributed by atoms with Crippen molar-refractivity contribution >= 4 is 29.9 Å². The molecule has 2 saturated heterocycles. The van der Waals surface area contributed by atoms with Crippen molar-refractivity contribution in [2.24, 2.45) is 18.0 Å². The topological polar surface area (TPSA) is 57.9 Å². The van der Waals surface area contributed by atoms with Crippen molar-refractivity contribution < 1.29 is 4.74 Å². The molecular formula is C19H35IN6O. The van der Waals surface area contributed by atoms with Gasteiger partial charge in [0.2, 0.25) is 0 Å². The lowest BCUT2D eigenvalue weighted by Crippen LogP contribution is -2.51. The van der Waals surface area contributed by atoms with E-state index in [0.717, 1.165) is 37.1 Å². The standard InChI is InChI=1S/C19H34N6O.HI/c1-15(2)12-24-7-5-6-17(24)11-21-19(20-3)25-8-9-26-18(14-25)16-10-22-23(4)13-16;/h10,13,15,17-18H,5-9,11-12,14H2,1-4H3,(H,20,21);1H/t17-,18?;/m1./s1. The molecule has 0 radical (unpaired) electrons. The van der Waals surface area contributed by atoms with Gasteiger partial charge < -0.3 is 15.0 Å². The fraction of sp³-hybridized carbons (Fsp3) is 0.789. The average molecular weight is 490 g/mol. The molecule has 154 valence electrons. The van der Waals surface area contributed by atoms with E-state index in [-0.39, 0.29) is 30.1 Å². The summed E-state index contributed by atoms with van der Waals surface area (Å²) in [4.78, 5) is 9.46. The van der Waals surface area contributed by atoms with E-state index >= 15 is 0 Å². The summed E-state index contributed by atoms with van der Waals surface area (Å²) in [6.07, 6.45) is 6.57. The minimum Gasteiger partial charge on any atom is -0.370 e. The van der Waals surface area contributed by atoms with Crippen LogP contribution in [0.3, 0.4) is 0 Å². The van der Waals surface area contributed by atoms with Gasteiger partial charge in [0.15, 0.2) is 5.96 Å². The van der Waals surface area contributed by atoms with Gasteiger partial charge >= 0.3 is 0 Å². The van der Waals surface area contributed by atoms with E-state index in [1.54, 1.807) is 0 Å². The van der Waals surface area contributed by atoms with E-state index in [9.17, 15) is 0 Å². The quantitative estimate of drug-likeness (QED) is 0.390. The Balaban J connectivity index is 0.00000261. The van der Waals surface area contributed by atoms with E-state index in [1.807, 2.05) is 31.2 Å². The highest BCUT2D eigenvalue weighted by molar-refractivity contribution is 14.0. The Hall–Kier alpha value is -0.870. The Morgan fingerprint density at radius 1 is 1.41 bits per heavy atom. The first-order valence-electron chi connectivity index (χ1n) is 9.86. The number of aliphatic imine (C=N–C) groups is 1. The molecule has 2 aliphatic rings. The number of nitrogens with one attached hydrogen (secondary N) is 1. The van der Waals surface area contributed by atoms with Crippen molar-refractivity contribution in [3.63, 3.8) is 0 Å². The lowest BCUT2D eigenvalue weighted by atomic mass is 10.1. The van der Waals surface area contributed by atoms with E-state index < -0.39 is 0 Å². The number of aryl methyl sites for hydroxylation is 1. The Morgan fingerprint density at radius 3 is 2.89 bits per heavy atom. The zero-order valence-corrected chi connectivity index (χ0v) is 19.4. The smallest absolute Gasteiger partial charge is 0.193 e. The van der Waals surface area contributed by atoms with Crippen LogP contribution in [-0.4, -0.2) is 78.0 Å². The number of hydrogen-bond donors (Lipinski definition) is 1. The van der Waals surface area contributed by atoms with Crippen LogP contribution in [-0.2, 0) is 11.8 Å². The zero-order valence-electron chi connectivity index (χ0n) is 17.1. The molecule has 0 saturated carbocycles. The molecule has 0 spiro atoms. The number of hydrogen-bond acceptors (Lipinski definition) is 4. The SMILES string of the molecule is CN=C(NC[C@H]1CCCN1CC(C)C)N1CCOC(c2cnn(C)c2)C1.I. The summed E-state index contributed by atoms with van der Waals surface area (Å²) < 4.78 is 7.78. The Labute approximate surface area is 180 Å². The van der Waals surface area contributed by atoms with Crippen molar-refractivity contribution in [2.45, 2.75) is 38.8 Å². The number of aromatic nitrogens is 2. The van der Waals surface area contributed by atoms with Crippen LogP contribution in [0.1, 0.15) is 38.4 Å². The van der Waals surface area contributed by atoms with Gasteiger partial charge in [-0.2, -0.15) is 5.10 Å². The highest BCUT2D eigenvalue weighted by Gasteiger charge is 2.28. The number of ether oxygens (including phenoxy) is 1. The van der Waals surface area contributed by atoms with Crippen LogP contribution in [0.5, 0.6) is 0 Å². The first-order valence-corrected chi connectivity index (χ1v) is 9.86. The highest BCUT2D eigenvalue weighted by Crippen LogP contribution is 2.22. The lowest BCUT2D eigenvalue weighted by Gasteiger charge is -2.35. The van der Waals surface area contributed by atoms with Crippen LogP contribution in [0.2, 0.25) is 0 Å².